The molecule has 1 aromatic rings. The molecular weight excluding hydrogens is 263 g/mol. The predicted molar refractivity (Wildman–Crippen MR) is 76.9 cm³/mol. The van der Waals surface area contributed by atoms with Crippen LogP contribution in [0.4, 0.5) is 4.39 Å². The molecule has 0 amide bonds. The number of halogens is 2. The van der Waals surface area contributed by atoms with Gasteiger partial charge in [-0.3, -0.25) is 0 Å². The average Bonchev–Trinajstić information content (AvgIpc) is 2.61. The molecule has 0 radical (unpaired) electrons. The van der Waals surface area contributed by atoms with E-state index in [1.165, 1.54) is 44.6 Å². The Morgan fingerprint density at radius 2 is 1.89 bits per heavy atom. The van der Waals surface area contributed by atoms with Crippen LogP contribution in [0, 0.1) is 11.7 Å². The van der Waals surface area contributed by atoms with E-state index in [1.807, 2.05) is 0 Å². The van der Waals surface area contributed by atoms with Crippen LogP contribution in [0.3, 0.4) is 0 Å². The van der Waals surface area contributed by atoms with E-state index < -0.39 is 6.10 Å². The normalized spacial score (nSPS) is 19.1. The molecule has 1 atom stereocenters. The molecule has 1 aliphatic carbocycles. The summed E-state index contributed by atoms with van der Waals surface area (Å²) in [7, 11) is 0. The van der Waals surface area contributed by atoms with E-state index in [2.05, 4.69) is 0 Å². The summed E-state index contributed by atoms with van der Waals surface area (Å²) in [6.45, 7) is 0. The minimum atomic E-state index is -0.446. The van der Waals surface area contributed by atoms with Crippen molar-refractivity contribution < 1.29 is 9.50 Å². The number of aliphatic hydroxyl groups excluding tert-OH is 1. The minimum absolute atomic E-state index is 0.313. The molecule has 0 heterocycles. The largest absolute Gasteiger partial charge is 0.393 e. The molecule has 1 unspecified atom stereocenters. The van der Waals surface area contributed by atoms with E-state index >= 15 is 0 Å². The Morgan fingerprint density at radius 1 is 1.21 bits per heavy atom. The number of hydrogen-bond acceptors (Lipinski definition) is 1. The molecule has 1 N–H and O–H groups in total. The van der Waals surface area contributed by atoms with Gasteiger partial charge in [-0.1, -0.05) is 56.2 Å². The lowest BCUT2D eigenvalue weighted by Crippen LogP contribution is -2.16. The zero-order chi connectivity index (χ0) is 13.7. The van der Waals surface area contributed by atoms with Crippen molar-refractivity contribution in [2.24, 2.45) is 5.92 Å². The first-order valence-corrected chi connectivity index (χ1v) is 7.65. The molecular formula is C16H22ClFO. The number of hydrogen-bond donors (Lipinski definition) is 1. The van der Waals surface area contributed by atoms with Gasteiger partial charge in [-0.05, 0) is 30.0 Å². The van der Waals surface area contributed by atoms with Gasteiger partial charge in [0.15, 0.2) is 0 Å². The quantitative estimate of drug-likeness (QED) is 0.792. The average molecular weight is 285 g/mol. The van der Waals surface area contributed by atoms with Crippen molar-refractivity contribution in [3.63, 3.8) is 0 Å². The smallest absolute Gasteiger partial charge is 0.127 e. The van der Waals surface area contributed by atoms with E-state index in [-0.39, 0.29) is 5.82 Å². The predicted octanol–water partition coefficient (Wildman–Crippen LogP) is 4.74. The molecule has 0 aromatic heterocycles. The Morgan fingerprint density at radius 3 is 2.53 bits per heavy atom. The Bertz CT molecular complexity index is 400. The van der Waals surface area contributed by atoms with Gasteiger partial charge >= 0.3 is 0 Å². The third-order valence-electron chi connectivity index (χ3n) is 4.05. The maximum atomic E-state index is 13.7. The fourth-order valence-corrected chi connectivity index (χ4v) is 3.17. The van der Waals surface area contributed by atoms with Crippen LogP contribution in [0.15, 0.2) is 18.2 Å². The van der Waals surface area contributed by atoms with Gasteiger partial charge in [-0.2, -0.15) is 0 Å². The van der Waals surface area contributed by atoms with Crippen LogP contribution in [-0.2, 0) is 6.42 Å². The van der Waals surface area contributed by atoms with Crippen molar-refractivity contribution in [3.05, 3.63) is 34.6 Å². The molecule has 19 heavy (non-hydrogen) atoms. The SMILES string of the molecule is OC(Cc1ccc(Cl)cc1F)CC1CCCCCC1. The highest BCUT2D eigenvalue weighted by Gasteiger charge is 2.18. The number of benzene rings is 1. The van der Waals surface area contributed by atoms with Crippen LogP contribution in [0.5, 0.6) is 0 Å². The molecule has 1 fully saturated rings. The van der Waals surface area contributed by atoms with Gasteiger partial charge in [0.05, 0.1) is 6.10 Å². The van der Waals surface area contributed by atoms with Crippen molar-refractivity contribution in [1.29, 1.82) is 0 Å². The third kappa shape index (κ3) is 4.77. The van der Waals surface area contributed by atoms with Crippen molar-refractivity contribution in [2.75, 3.05) is 0 Å². The van der Waals surface area contributed by atoms with Crippen LogP contribution in [0.25, 0.3) is 0 Å². The lowest BCUT2D eigenvalue weighted by molar-refractivity contribution is 0.136. The molecule has 2 rings (SSSR count). The van der Waals surface area contributed by atoms with Gasteiger partial charge in [0.2, 0.25) is 0 Å². The Kier molecular flexibility index (Phi) is 5.65. The van der Waals surface area contributed by atoms with Gasteiger partial charge in [0.25, 0.3) is 0 Å². The van der Waals surface area contributed by atoms with Gasteiger partial charge in [-0.15, -0.1) is 0 Å². The molecule has 1 nitrogen and oxygen atoms in total. The Balaban J connectivity index is 1.87. The minimum Gasteiger partial charge on any atom is -0.393 e. The first kappa shape index (κ1) is 14.8. The molecule has 0 saturated heterocycles. The van der Waals surface area contributed by atoms with Crippen molar-refractivity contribution >= 4 is 11.6 Å². The Hall–Kier alpha value is -0.600. The number of aliphatic hydroxyl groups is 1. The molecule has 1 aromatic carbocycles. The first-order valence-electron chi connectivity index (χ1n) is 7.27. The summed E-state index contributed by atoms with van der Waals surface area (Å²) in [5, 5.41) is 10.5. The maximum Gasteiger partial charge on any atom is 0.127 e. The second-order valence-corrected chi connectivity index (χ2v) is 6.12. The molecule has 0 bridgehead atoms. The molecule has 0 aliphatic heterocycles. The van der Waals surface area contributed by atoms with Crippen LogP contribution in [0.1, 0.15) is 50.5 Å². The van der Waals surface area contributed by atoms with E-state index in [4.69, 9.17) is 11.6 Å². The summed E-state index contributed by atoms with van der Waals surface area (Å²) in [4.78, 5) is 0. The van der Waals surface area contributed by atoms with Gasteiger partial charge < -0.3 is 5.11 Å². The number of rotatable bonds is 4. The molecule has 1 aliphatic rings. The fourth-order valence-electron chi connectivity index (χ4n) is 3.01. The highest BCUT2D eigenvalue weighted by Crippen LogP contribution is 2.27. The van der Waals surface area contributed by atoms with E-state index in [0.29, 0.717) is 22.9 Å². The zero-order valence-electron chi connectivity index (χ0n) is 11.2. The van der Waals surface area contributed by atoms with Crippen LogP contribution in [-0.4, -0.2) is 11.2 Å². The summed E-state index contributed by atoms with van der Waals surface area (Å²) in [5.41, 5.74) is 0.561. The van der Waals surface area contributed by atoms with Gasteiger partial charge in [0.1, 0.15) is 5.82 Å². The van der Waals surface area contributed by atoms with Crippen molar-refractivity contribution in [1.82, 2.24) is 0 Å². The monoisotopic (exact) mass is 284 g/mol. The topological polar surface area (TPSA) is 20.2 Å². The summed E-state index contributed by atoms with van der Waals surface area (Å²) in [6, 6.07) is 4.67. The summed E-state index contributed by atoms with van der Waals surface area (Å²) >= 11 is 5.72. The van der Waals surface area contributed by atoms with Crippen LogP contribution < -0.4 is 0 Å². The fraction of sp³-hybridized carbons (Fsp3) is 0.625. The van der Waals surface area contributed by atoms with Crippen LogP contribution in [0.2, 0.25) is 5.02 Å². The standard InChI is InChI=1S/C16H22ClFO/c17-14-8-7-13(16(18)11-14)10-15(19)9-12-5-3-1-2-4-6-12/h7-8,11-12,15,19H,1-6,9-10H2. The maximum absolute atomic E-state index is 13.7. The van der Waals surface area contributed by atoms with Crippen molar-refractivity contribution in [2.45, 2.75) is 57.5 Å². The van der Waals surface area contributed by atoms with Crippen LogP contribution >= 0.6 is 11.6 Å². The highest BCUT2D eigenvalue weighted by atomic mass is 35.5. The van der Waals surface area contributed by atoms with Gasteiger partial charge in [0, 0.05) is 11.4 Å². The highest BCUT2D eigenvalue weighted by molar-refractivity contribution is 6.30. The lowest BCUT2D eigenvalue weighted by Gasteiger charge is -2.18. The second-order valence-electron chi connectivity index (χ2n) is 5.69. The third-order valence-corrected chi connectivity index (χ3v) is 4.29. The first-order chi connectivity index (χ1) is 9.15. The van der Waals surface area contributed by atoms with E-state index in [9.17, 15) is 9.50 Å². The molecule has 3 heteroatoms. The summed E-state index contributed by atoms with van der Waals surface area (Å²) in [5.74, 6) is 0.292. The van der Waals surface area contributed by atoms with Crippen molar-refractivity contribution in [3.8, 4) is 0 Å². The Labute approximate surface area is 119 Å². The molecule has 1 saturated carbocycles. The summed E-state index contributed by atoms with van der Waals surface area (Å²) < 4.78 is 13.7. The summed E-state index contributed by atoms with van der Waals surface area (Å²) in [6.07, 6.45) is 8.33. The van der Waals surface area contributed by atoms with E-state index in [1.54, 1.807) is 12.1 Å². The lowest BCUT2D eigenvalue weighted by atomic mass is 9.91. The van der Waals surface area contributed by atoms with Gasteiger partial charge in [-0.25, -0.2) is 4.39 Å². The zero-order valence-corrected chi connectivity index (χ0v) is 12.0. The second kappa shape index (κ2) is 7.25. The molecule has 106 valence electrons. The van der Waals surface area contributed by atoms with E-state index in [0.717, 1.165) is 6.42 Å². The molecule has 0 spiro atoms.